The van der Waals surface area contributed by atoms with Gasteiger partial charge < -0.3 is 84.4 Å². The summed E-state index contributed by atoms with van der Waals surface area (Å²) >= 11 is 0. The van der Waals surface area contributed by atoms with Gasteiger partial charge in [-0.25, -0.2) is 24.2 Å². The Morgan fingerprint density at radius 1 is 0.753 bits per heavy atom. The number of unbranched alkanes of at least 4 members (excludes halogenated alkanes) is 2. The van der Waals surface area contributed by atoms with Crippen LogP contribution in [0.15, 0.2) is 53.3 Å². The van der Waals surface area contributed by atoms with Crippen molar-refractivity contribution < 1.29 is 81.4 Å². The fraction of sp³-hybridized carbons (Fsp3) is 0.576. The smallest absolute Gasteiger partial charge is 0.415 e. The second kappa shape index (κ2) is 37.6. The highest BCUT2D eigenvalue weighted by Crippen LogP contribution is 2.41. The van der Waals surface area contributed by atoms with Gasteiger partial charge in [0.1, 0.15) is 19.0 Å². The molecular weight excluding hydrogens is 1210 g/mol. The van der Waals surface area contributed by atoms with Crippen molar-refractivity contribution in [2.75, 3.05) is 112 Å². The molecule has 2 aromatic heterocycles. The number of nitrogens with two attached hydrogens (primary N) is 1. The lowest BCUT2D eigenvalue weighted by molar-refractivity contribution is -0.172. The Kier molecular flexibility index (Phi) is 29.9. The van der Waals surface area contributed by atoms with Gasteiger partial charge in [-0.3, -0.25) is 24.0 Å². The number of Topliss-reactive ketones (excluding diaryl/α,β-unsaturated/α-hetero) is 1. The van der Waals surface area contributed by atoms with E-state index in [-0.39, 0.29) is 125 Å². The predicted octanol–water partition coefficient (Wildman–Crippen LogP) is 5.61. The number of nitrogens with zero attached hydrogens (tertiary/aromatic N) is 4. The zero-order valence-electron chi connectivity index (χ0n) is 54.7. The Balaban J connectivity index is 0.879. The van der Waals surface area contributed by atoms with Gasteiger partial charge in [0.15, 0.2) is 11.4 Å². The topological polar surface area (TPSA) is 346 Å². The van der Waals surface area contributed by atoms with Crippen LogP contribution in [0.25, 0.3) is 22.3 Å². The molecule has 2 aliphatic heterocycles. The number of fused-ring (bicyclic) bond motifs is 5. The highest BCUT2D eigenvalue weighted by molar-refractivity contribution is 5.97. The summed E-state index contributed by atoms with van der Waals surface area (Å²) in [6.07, 6.45) is 3.10. The molecule has 7 amide bonds. The molecule has 6 rings (SSSR count). The normalized spacial score (nSPS) is 14.5. The van der Waals surface area contributed by atoms with Crippen LogP contribution in [0.1, 0.15) is 120 Å². The molecule has 0 aliphatic carbocycles. The number of benzene rings is 2. The number of cyclic esters (lactones) is 1. The van der Waals surface area contributed by atoms with Crippen LogP contribution in [-0.4, -0.2) is 185 Å². The van der Waals surface area contributed by atoms with E-state index in [1.807, 2.05) is 6.92 Å². The zero-order chi connectivity index (χ0) is 67.5. The van der Waals surface area contributed by atoms with E-state index >= 15 is 0 Å². The Hall–Kier alpha value is -8.08. The summed E-state index contributed by atoms with van der Waals surface area (Å²) < 4.78 is 45.7. The standard InChI is InChI=1S/C66H93N9O18/c1-8-11-12-23-68-56(77)21-27-86-29-31-88-33-35-90-36-34-89-32-30-87-28-22-57(78)72-58(43(4)5)55(76)37-45(14-13-24-69-63(67)82)60(79)70-46-17-15-44(16-18-46)41-92-64(83)73(6)25-26-74(7)65(84)93-47-19-20-53-49(38-47)48(9-2)50-40-75-54(59(50)71-53)39-52-51(61(75)80)42-91-62(81)66(52,85)10-3/h15-20,38-39,43,45,58,85H,8-14,21-37,40-42H2,1-7H3,(H,68,77)(H,70,79)(H,72,78)(H3,67,69,82)/t45-,58+,66+/m1/s1. The minimum atomic E-state index is -1.95. The molecule has 27 nitrogen and oxygen atoms in total. The molecule has 0 bridgehead atoms. The molecule has 0 unspecified atom stereocenters. The van der Waals surface area contributed by atoms with Crippen LogP contribution in [0.4, 0.5) is 20.1 Å². The van der Waals surface area contributed by atoms with Crippen LogP contribution >= 0.6 is 0 Å². The van der Waals surface area contributed by atoms with Gasteiger partial charge >= 0.3 is 24.2 Å². The monoisotopic (exact) mass is 1300 g/mol. The Labute approximate surface area is 542 Å². The first-order chi connectivity index (χ1) is 44.7. The van der Waals surface area contributed by atoms with Crippen LogP contribution in [0.3, 0.4) is 0 Å². The molecule has 0 fully saturated rings. The zero-order valence-corrected chi connectivity index (χ0v) is 54.7. The number of amides is 7. The SMILES string of the molecule is CCCCCNC(=O)CCOCCOCCOCCOCCOCCC(=O)N[C@H](C(=O)C[C@@H](CCCNC(N)=O)C(=O)Nc1ccc(COC(=O)N(C)CCN(C)C(=O)Oc2ccc3nc4c(c(CC)c3c2)Cn2c-4cc3c(c2=O)COC(=O)[C@]3(O)CC)cc1)C(C)C. The molecule has 27 heteroatoms. The second-order valence-corrected chi connectivity index (χ2v) is 23.2. The molecule has 93 heavy (non-hydrogen) atoms. The van der Waals surface area contributed by atoms with Gasteiger partial charge in [-0.1, -0.05) is 59.6 Å². The van der Waals surface area contributed by atoms with Gasteiger partial charge in [-0.05, 0) is 85.5 Å². The van der Waals surface area contributed by atoms with E-state index < -0.39 is 53.6 Å². The van der Waals surface area contributed by atoms with E-state index in [0.29, 0.717) is 100 Å². The molecule has 4 heterocycles. The first-order valence-corrected chi connectivity index (χ1v) is 32.0. The number of carbonyl (C=O) groups is 8. The molecule has 2 aromatic carbocycles. The van der Waals surface area contributed by atoms with E-state index in [0.717, 1.165) is 35.8 Å². The molecule has 4 aromatic rings. The number of aromatic nitrogens is 2. The summed E-state index contributed by atoms with van der Waals surface area (Å²) in [4.78, 5) is 124. The number of likely N-dealkylation sites (N-methyl/N-ethyl adjacent to an activating group) is 2. The van der Waals surface area contributed by atoms with Gasteiger partial charge in [0.2, 0.25) is 17.7 Å². The number of rotatable bonds is 41. The summed E-state index contributed by atoms with van der Waals surface area (Å²) in [6, 6.07) is 11.7. The second-order valence-electron chi connectivity index (χ2n) is 23.2. The van der Waals surface area contributed by atoms with Crippen LogP contribution < -0.4 is 37.3 Å². The number of nitrogens with one attached hydrogen (secondary N) is 4. The molecule has 2 aliphatic rings. The van der Waals surface area contributed by atoms with Crippen LogP contribution in [0, 0.1) is 11.8 Å². The summed E-state index contributed by atoms with van der Waals surface area (Å²) in [5, 5.41) is 23.1. The number of pyridine rings is 2. The number of ether oxygens (including phenoxy) is 8. The highest BCUT2D eigenvalue weighted by Gasteiger charge is 2.45. The Bertz CT molecular complexity index is 3250. The van der Waals surface area contributed by atoms with Gasteiger partial charge in [-0.2, -0.15) is 0 Å². The lowest BCUT2D eigenvalue weighted by atomic mass is 9.86. The van der Waals surface area contributed by atoms with Gasteiger partial charge in [0, 0.05) is 87.7 Å². The number of aryl methyl sites for hydroxylation is 1. The fourth-order valence-electron chi connectivity index (χ4n) is 10.6. The summed E-state index contributed by atoms with van der Waals surface area (Å²) in [5.74, 6) is -2.88. The Morgan fingerprint density at radius 2 is 1.37 bits per heavy atom. The lowest BCUT2D eigenvalue weighted by Gasteiger charge is -2.31. The number of anilines is 1. The van der Waals surface area contributed by atoms with Gasteiger partial charge in [-0.15, -0.1) is 0 Å². The number of ketones is 1. The van der Waals surface area contributed by atoms with Gasteiger partial charge in [0.25, 0.3) is 5.56 Å². The van der Waals surface area contributed by atoms with E-state index in [4.69, 9.17) is 48.6 Å². The average molecular weight is 1300 g/mol. The predicted molar refractivity (Wildman–Crippen MR) is 343 cm³/mol. The maximum atomic E-state index is 13.8. The summed E-state index contributed by atoms with van der Waals surface area (Å²) in [7, 11) is 3.06. The van der Waals surface area contributed by atoms with Crippen LogP contribution in [-0.2, 0) is 88.9 Å². The maximum Gasteiger partial charge on any atom is 0.415 e. The first kappa shape index (κ1) is 74.0. The Morgan fingerprint density at radius 3 is 1.97 bits per heavy atom. The van der Waals surface area contributed by atoms with Crippen LogP contribution in [0.5, 0.6) is 5.75 Å². The molecule has 0 saturated carbocycles. The summed E-state index contributed by atoms with van der Waals surface area (Å²) in [5.41, 5.74) is 7.76. The maximum absolute atomic E-state index is 13.8. The number of hydrogen-bond acceptors (Lipinski definition) is 19. The van der Waals surface area contributed by atoms with Crippen LogP contribution in [0.2, 0.25) is 0 Å². The first-order valence-electron chi connectivity index (χ1n) is 32.0. The molecule has 7 N–H and O–H groups in total. The number of urea groups is 1. The third kappa shape index (κ3) is 22.0. The number of hydrogen-bond donors (Lipinski definition) is 6. The van der Waals surface area contributed by atoms with Crippen molar-refractivity contribution in [3.63, 3.8) is 0 Å². The highest BCUT2D eigenvalue weighted by atomic mass is 16.6. The van der Waals surface area contributed by atoms with Crippen molar-refractivity contribution >= 4 is 64.3 Å². The summed E-state index contributed by atoms with van der Waals surface area (Å²) in [6.45, 7) is 13.5. The van der Waals surface area contributed by atoms with E-state index in [9.17, 15) is 48.3 Å². The van der Waals surface area contributed by atoms with E-state index in [1.54, 1.807) is 73.9 Å². The van der Waals surface area contributed by atoms with Crippen molar-refractivity contribution in [1.82, 2.24) is 35.3 Å². The molecule has 0 saturated heterocycles. The van der Waals surface area contributed by atoms with Crippen molar-refractivity contribution in [3.05, 3.63) is 86.7 Å². The number of carbonyl (C=O) groups excluding carboxylic acids is 8. The van der Waals surface area contributed by atoms with Crippen molar-refractivity contribution in [3.8, 4) is 17.1 Å². The third-order valence-electron chi connectivity index (χ3n) is 16.0. The lowest BCUT2D eigenvalue weighted by Crippen LogP contribution is -2.45. The molecule has 510 valence electrons. The number of esters is 1. The minimum absolute atomic E-state index is 0.00825. The fourth-order valence-corrected chi connectivity index (χ4v) is 10.6. The molecule has 3 atom stereocenters. The van der Waals surface area contributed by atoms with E-state index in [2.05, 4.69) is 28.2 Å². The number of primary amides is 1. The van der Waals surface area contributed by atoms with Crippen molar-refractivity contribution in [2.45, 2.75) is 130 Å². The number of aliphatic hydroxyl groups is 1. The molecular formula is C66H93N9O18. The molecule has 0 spiro atoms. The van der Waals surface area contributed by atoms with Crippen molar-refractivity contribution in [1.29, 1.82) is 0 Å². The van der Waals surface area contributed by atoms with E-state index in [1.165, 1.54) is 23.9 Å². The molecule has 0 radical (unpaired) electrons. The third-order valence-corrected chi connectivity index (χ3v) is 16.0. The quantitative estimate of drug-likeness (QED) is 0.0204. The minimum Gasteiger partial charge on any atom is -0.458 e. The van der Waals surface area contributed by atoms with Crippen molar-refractivity contribution in [2.24, 2.45) is 17.6 Å². The largest absolute Gasteiger partial charge is 0.458 e. The van der Waals surface area contributed by atoms with Gasteiger partial charge in [0.05, 0.1) is 101 Å². The average Bonchev–Trinajstić information content (AvgIpc) is 1.62.